The fourth-order valence-corrected chi connectivity index (χ4v) is 3.12. The summed E-state index contributed by atoms with van der Waals surface area (Å²) in [7, 11) is 5.12. The van der Waals surface area contributed by atoms with Crippen molar-refractivity contribution in [3.8, 4) is 5.75 Å². The molecule has 0 spiro atoms. The number of hydrogen-bond acceptors (Lipinski definition) is 4. The maximum atomic E-state index is 11.9. The normalized spacial score (nSPS) is 11.5. The second kappa shape index (κ2) is 10.4. The minimum Gasteiger partial charge on any atom is -0.496 e. The molecule has 8 heteroatoms. The molecule has 0 aliphatic carbocycles. The highest BCUT2D eigenvalue weighted by Gasteiger charge is 2.10. The van der Waals surface area contributed by atoms with Crippen LogP contribution in [0.25, 0.3) is 10.9 Å². The summed E-state index contributed by atoms with van der Waals surface area (Å²) in [6, 6.07) is 9.77. The van der Waals surface area contributed by atoms with E-state index in [1.165, 1.54) is 4.90 Å². The zero-order valence-corrected chi connectivity index (χ0v) is 17.7. The van der Waals surface area contributed by atoms with Gasteiger partial charge in [-0.25, -0.2) is 4.99 Å². The summed E-state index contributed by atoms with van der Waals surface area (Å²) >= 11 is 0. The molecule has 1 amide bonds. The van der Waals surface area contributed by atoms with Crippen molar-refractivity contribution in [2.24, 2.45) is 4.99 Å². The van der Waals surface area contributed by atoms with Crippen molar-refractivity contribution in [2.75, 3.05) is 40.8 Å². The number of aromatic amines is 1. The average Bonchev–Trinajstić information content (AvgIpc) is 3.41. The predicted molar refractivity (Wildman–Crippen MR) is 118 cm³/mol. The molecule has 0 saturated heterocycles. The average molecular weight is 412 g/mol. The topological polar surface area (TPSA) is 94.9 Å². The van der Waals surface area contributed by atoms with Gasteiger partial charge in [0.2, 0.25) is 5.91 Å². The van der Waals surface area contributed by atoms with Gasteiger partial charge in [0.1, 0.15) is 18.1 Å². The van der Waals surface area contributed by atoms with E-state index >= 15 is 0 Å². The van der Waals surface area contributed by atoms with Gasteiger partial charge in [-0.3, -0.25) is 4.79 Å². The SMILES string of the molecule is COc1cccc2[nH]cc(CCNC(=NCC(=O)N(C)C)NCCc3ccco3)c12. The number of benzene rings is 1. The van der Waals surface area contributed by atoms with Crippen LogP contribution in [-0.2, 0) is 17.6 Å². The van der Waals surface area contributed by atoms with Crippen LogP contribution in [0.15, 0.2) is 52.2 Å². The quantitative estimate of drug-likeness (QED) is 0.371. The largest absolute Gasteiger partial charge is 0.496 e. The lowest BCUT2D eigenvalue weighted by Gasteiger charge is -2.13. The Hall–Kier alpha value is -3.42. The van der Waals surface area contributed by atoms with Crippen molar-refractivity contribution in [2.45, 2.75) is 12.8 Å². The zero-order valence-electron chi connectivity index (χ0n) is 17.7. The molecule has 0 radical (unpaired) electrons. The first-order valence-electron chi connectivity index (χ1n) is 9.96. The number of hydrogen-bond donors (Lipinski definition) is 3. The Morgan fingerprint density at radius 3 is 2.67 bits per heavy atom. The first kappa shape index (κ1) is 21.3. The molecule has 2 heterocycles. The molecule has 3 N–H and O–H groups in total. The molecule has 0 unspecified atom stereocenters. The van der Waals surface area contributed by atoms with Crippen molar-refractivity contribution in [3.63, 3.8) is 0 Å². The number of methoxy groups -OCH3 is 1. The fourth-order valence-electron chi connectivity index (χ4n) is 3.12. The van der Waals surface area contributed by atoms with Gasteiger partial charge in [0.05, 0.1) is 13.4 Å². The molecule has 2 aromatic heterocycles. The van der Waals surface area contributed by atoms with E-state index in [0.717, 1.165) is 40.8 Å². The molecule has 8 nitrogen and oxygen atoms in total. The van der Waals surface area contributed by atoms with Crippen molar-refractivity contribution >= 4 is 22.8 Å². The molecule has 0 atom stereocenters. The van der Waals surface area contributed by atoms with Crippen LogP contribution in [0.3, 0.4) is 0 Å². The van der Waals surface area contributed by atoms with Gasteiger partial charge in [-0.15, -0.1) is 0 Å². The Labute approximate surface area is 176 Å². The first-order valence-corrected chi connectivity index (χ1v) is 9.96. The fraction of sp³-hybridized carbons (Fsp3) is 0.364. The Bertz CT molecular complexity index is 976. The summed E-state index contributed by atoms with van der Waals surface area (Å²) in [6.07, 6.45) is 5.18. The minimum absolute atomic E-state index is 0.0523. The summed E-state index contributed by atoms with van der Waals surface area (Å²) in [5.41, 5.74) is 2.21. The lowest BCUT2D eigenvalue weighted by Crippen LogP contribution is -2.40. The Balaban J connectivity index is 1.60. The predicted octanol–water partition coefficient (Wildman–Crippen LogP) is 2.18. The van der Waals surface area contributed by atoms with Crippen molar-refractivity contribution in [1.82, 2.24) is 20.5 Å². The number of likely N-dealkylation sites (N-methyl/N-ethyl adjacent to an activating group) is 1. The van der Waals surface area contributed by atoms with Crippen LogP contribution in [0.4, 0.5) is 0 Å². The highest BCUT2D eigenvalue weighted by Crippen LogP contribution is 2.28. The molecule has 0 aliphatic heterocycles. The van der Waals surface area contributed by atoms with Crippen molar-refractivity contribution in [3.05, 3.63) is 54.1 Å². The number of nitrogens with zero attached hydrogens (tertiary/aromatic N) is 2. The van der Waals surface area contributed by atoms with Crippen LogP contribution < -0.4 is 15.4 Å². The molecular formula is C22H29N5O3. The molecule has 160 valence electrons. The molecule has 0 fully saturated rings. The second-order valence-corrected chi connectivity index (χ2v) is 7.08. The molecule has 3 aromatic rings. The van der Waals surface area contributed by atoms with Gasteiger partial charge in [0.25, 0.3) is 0 Å². The molecule has 3 rings (SSSR count). The van der Waals surface area contributed by atoms with Gasteiger partial charge in [-0.05, 0) is 36.2 Å². The first-order chi connectivity index (χ1) is 14.6. The van der Waals surface area contributed by atoms with Gasteiger partial charge in [-0.1, -0.05) is 6.07 Å². The number of amides is 1. The number of carbonyl (C=O) groups excluding carboxylic acids is 1. The molecule has 0 aliphatic rings. The molecule has 0 bridgehead atoms. The van der Waals surface area contributed by atoms with E-state index in [-0.39, 0.29) is 12.5 Å². The van der Waals surface area contributed by atoms with Gasteiger partial charge < -0.3 is 29.7 Å². The smallest absolute Gasteiger partial charge is 0.243 e. The number of carbonyl (C=O) groups is 1. The third kappa shape index (κ3) is 5.56. The van der Waals surface area contributed by atoms with Crippen LogP contribution in [0.1, 0.15) is 11.3 Å². The summed E-state index contributed by atoms with van der Waals surface area (Å²) in [5.74, 6) is 2.30. The van der Waals surface area contributed by atoms with Crippen LogP contribution >= 0.6 is 0 Å². The number of aliphatic imine (C=N–C) groups is 1. The van der Waals surface area contributed by atoms with E-state index < -0.39 is 0 Å². The highest BCUT2D eigenvalue weighted by atomic mass is 16.5. The van der Waals surface area contributed by atoms with Gasteiger partial charge in [0.15, 0.2) is 5.96 Å². The lowest BCUT2D eigenvalue weighted by atomic mass is 10.1. The zero-order chi connectivity index (χ0) is 21.3. The second-order valence-electron chi connectivity index (χ2n) is 7.08. The monoisotopic (exact) mass is 411 g/mol. The van der Waals surface area contributed by atoms with Gasteiger partial charge >= 0.3 is 0 Å². The molecule has 30 heavy (non-hydrogen) atoms. The van der Waals surface area contributed by atoms with E-state index in [2.05, 4.69) is 20.6 Å². The number of guanidine groups is 1. The van der Waals surface area contributed by atoms with Gasteiger partial charge in [0, 0.05) is 50.7 Å². The van der Waals surface area contributed by atoms with E-state index in [9.17, 15) is 4.79 Å². The van der Waals surface area contributed by atoms with Crippen LogP contribution in [0, 0.1) is 0 Å². The van der Waals surface area contributed by atoms with Crippen LogP contribution in [0.5, 0.6) is 5.75 Å². The van der Waals surface area contributed by atoms with Crippen molar-refractivity contribution < 1.29 is 13.9 Å². The highest BCUT2D eigenvalue weighted by molar-refractivity contribution is 5.89. The number of H-pyrrole nitrogens is 1. The van der Waals surface area contributed by atoms with Crippen LogP contribution in [0.2, 0.25) is 0 Å². The molecular weight excluding hydrogens is 382 g/mol. The van der Waals surface area contributed by atoms with Crippen molar-refractivity contribution in [1.29, 1.82) is 0 Å². The summed E-state index contributed by atoms with van der Waals surface area (Å²) in [4.78, 5) is 21.2. The molecule has 1 aromatic carbocycles. The number of nitrogens with one attached hydrogen (secondary N) is 3. The molecule has 0 saturated carbocycles. The van der Waals surface area contributed by atoms with Gasteiger partial charge in [-0.2, -0.15) is 0 Å². The Morgan fingerprint density at radius 1 is 1.17 bits per heavy atom. The number of rotatable bonds is 9. The van der Waals surface area contributed by atoms with E-state index in [4.69, 9.17) is 9.15 Å². The van der Waals surface area contributed by atoms with E-state index in [1.807, 2.05) is 36.5 Å². The van der Waals surface area contributed by atoms with E-state index in [1.54, 1.807) is 27.5 Å². The Kier molecular flexibility index (Phi) is 7.37. The summed E-state index contributed by atoms with van der Waals surface area (Å²) < 4.78 is 10.9. The number of fused-ring (bicyclic) bond motifs is 1. The maximum absolute atomic E-state index is 11.9. The summed E-state index contributed by atoms with van der Waals surface area (Å²) in [6.45, 7) is 1.40. The lowest BCUT2D eigenvalue weighted by molar-refractivity contribution is -0.127. The Morgan fingerprint density at radius 2 is 1.97 bits per heavy atom. The third-order valence-corrected chi connectivity index (χ3v) is 4.77. The van der Waals surface area contributed by atoms with E-state index in [0.29, 0.717) is 19.0 Å². The number of aromatic nitrogens is 1. The maximum Gasteiger partial charge on any atom is 0.243 e. The number of furan rings is 1. The summed E-state index contributed by atoms with van der Waals surface area (Å²) in [5, 5.41) is 7.68. The minimum atomic E-state index is -0.0523. The number of ether oxygens (including phenoxy) is 1. The standard InChI is InChI=1S/C22H29N5O3/c1-27(2)20(28)15-26-22(24-12-10-17-6-5-13-30-17)23-11-9-16-14-25-18-7-4-8-19(29-3)21(16)18/h4-8,13-14,25H,9-12,15H2,1-3H3,(H2,23,24,26). The third-order valence-electron chi connectivity index (χ3n) is 4.77. The van der Waals surface area contributed by atoms with Crippen LogP contribution in [-0.4, -0.2) is 62.6 Å².